The van der Waals surface area contributed by atoms with E-state index in [4.69, 9.17) is 0 Å². The topological polar surface area (TPSA) is 12.0 Å². The molecule has 0 saturated carbocycles. The van der Waals surface area contributed by atoms with Crippen LogP contribution >= 0.6 is 23.1 Å². The van der Waals surface area contributed by atoms with Gasteiger partial charge in [0.25, 0.3) is 0 Å². The van der Waals surface area contributed by atoms with Crippen molar-refractivity contribution in [3.63, 3.8) is 0 Å². The van der Waals surface area contributed by atoms with Gasteiger partial charge >= 0.3 is 0 Å². The molecule has 0 spiro atoms. The maximum Gasteiger partial charge on any atom is 0.124 e. The molecule has 20 heavy (non-hydrogen) atoms. The standard InChI is InChI=1S/C16H20FNS2/c1-2-7-18-15(9-13-6-8-19-11-13)12-20-16-5-3-4-14(17)10-16/h3-6,8,10-11,15,18H,2,7,9,12H2,1H3. The Balaban J connectivity index is 1.89. The van der Waals surface area contributed by atoms with Crippen molar-refractivity contribution < 1.29 is 4.39 Å². The summed E-state index contributed by atoms with van der Waals surface area (Å²) in [6, 6.07) is 9.44. The van der Waals surface area contributed by atoms with Gasteiger partial charge in [0.1, 0.15) is 5.82 Å². The quantitative estimate of drug-likeness (QED) is 0.716. The average Bonchev–Trinajstić information content (AvgIpc) is 2.95. The Bertz CT molecular complexity index is 499. The molecular formula is C16H20FNS2. The minimum atomic E-state index is -0.161. The molecule has 108 valence electrons. The van der Waals surface area contributed by atoms with Gasteiger partial charge in [-0.25, -0.2) is 4.39 Å². The van der Waals surface area contributed by atoms with Gasteiger partial charge in [-0.05, 0) is 60.0 Å². The third-order valence-corrected chi connectivity index (χ3v) is 4.88. The molecule has 2 aromatic rings. The number of benzene rings is 1. The van der Waals surface area contributed by atoms with Gasteiger partial charge in [0.2, 0.25) is 0 Å². The Kier molecular flexibility index (Phi) is 6.57. The zero-order chi connectivity index (χ0) is 14.2. The van der Waals surface area contributed by atoms with Crippen molar-refractivity contribution in [3.8, 4) is 0 Å². The summed E-state index contributed by atoms with van der Waals surface area (Å²) in [5, 5.41) is 7.90. The lowest BCUT2D eigenvalue weighted by Gasteiger charge is -2.17. The lowest BCUT2D eigenvalue weighted by molar-refractivity contribution is 0.550. The van der Waals surface area contributed by atoms with Crippen LogP contribution in [0.2, 0.25) is 0 Å². The number of rotatable bonds is 8. The van der Waals surface area contributed by atoms with E-state index in [2.05, 4.69) is 29.1 Å². The van der Waals surface area contributed by atoms with Gasteiger partial charge in [-0.1, -0.05) is 13.0 Å². The average molecular weight is 309 g/mol. The van der Waals surface area contributed by atoms with Crippen LogP contribution < -0.4 is 5.32 Å². The van der Waals surface area contributed by atoms with Crippen LogP contribution in [0.15, 0.2) is 46.0 Å². The molecule has 1 heterocycles. The van der Waals surface area contributed by atoms with E-state index in [9.17, 15) is 4.39 Å². The molecule has 0 amide bonds. The number of nitrogens with one attached hydrogen (secondary N) is 1. The van der Waals surface area contributed by atoms with Crippen molar-refractivity contribution in [1.29, 1.82) is 0 Å². The third kappa shape index (κ3) is 5.27. The van der Waals surface area contributed by atoms with Crippen molar-refractivity contribution in [1.82, 2.24) is 5.32 Å². The van der Waals surface area contributed by atoms with Crippen LogP contribution in [0.1, 0.15) is 18.9 Å². The molecule has 1 atom stereocenters. The van der Waals surface area contributed by atoms with E-state index < -0.39 is 0 Å². The van der Waals surface area contributed by atoms with Crippen LogP contribution in [-0.4, -0.2) is 18.3 Å². The van der Waals surface area contributed by atoms with Gasteiger partial charge in [0.05, 0.1) is 0 Å². The first-order chi connectivity index (χ1) is 9.78. The van der Waals surface area contributed by atoms with E-state index in [-0.39, 0.29) is 5.82 Å². The van der Waals surface area contributed by atoms with E-state index >= 15 is 0 Å². The van der Waals surface area contributed by atoms with E-state index in [0.717, 1.165) is 30.0 Å². The Labute approximate surface area is 128 Å². The highest BCUT2D eigenvalue weighted by Gasteiger charge is 2.10. The first-order valence-corrected chi connectivity index (χ1v) is 8.83. The minimum absolute atomic E-state index is 0.161. The second-order valence-electron chi connectivity index (χ2n) is 4.76. The van der Waals surface area contributed by atoms with Gasteiger partial charge in [0, 0.05) is 16.7 Å². The highest BCUT2D eigenvalue weighted by atomic mass is 32.2. The van der Waals surface area contributed by atoms with Crippen molar-refractivity contribution in [2.75, 3.05) is 12.3 Å². The fourth-order valence-electron chi connectivity index (χ4n) is 1.99. The molecule has 1 unspecified atom stereocenters. The van der Waals surface area contributed by atoms with Gasteiger partial charge in [-0.3, -0.25) is 0 Å². The SMILES string of the molecule is CCCNC(CSc1cccc(F)c1)Cc1ccsc1. The summed E-state index contributed by atoms with van der Waals surface area (Å²) in [5.74, 6) is 0.796. The number of halogens is 1. The van der Waals surface area contributed by atoms with Gasteiger partial charge in [0.15, 0.2) is 0 Å². The number of hydrogen-bond acceptors (Lipinski definition) is 3. The molecule has 1 N–H and O–H groups in total. The molecule has 0 aliphatic carbocycles. The first kappa shape index (κ1) is 15.5. The molecule has 0 radical (unpaired) electrons. The molecule has 0 aliphatic heterocycles. The first-order valence-electron chi connectivity index (χ1n) is 6.90. The van der Waals surface area contributed by atoms with Crippen molar-refractivity contribution in [2.24, 2.45) is 0 Å². The monoisotopic (exact) mass is 309 g/mol. The largest absolute Gasteiger partial charge is 0.313 e. The second-order valence-corrected chi connectivity index (χ2v) is 6.63. The lowest BCUT2D eigenvalue weighted by Crippen LogP contribution is -2.33. The molecule has 0 saturated heterocycles. The summed E-state index contributed by atoms with van der Waals surface area (Å²) in [6.07, 6.45) is 2.16. The Morgan fingerprint density at radius 3 is 2.95 bits per heavy atom. The Morgan fingerprint density at radius 1 is 1.35 bits per heavy atom. The highest BCUT2D eigenvalue weighted by Crippen LogP contribution is 2.21. The van der Waals surface area contributed by atoms with E-state index in [1.54, 1.807) is 35.2 Å². The lowest BCUT2D eigenvalue weighted by atomic mass is 10.1. The molecular weight excluding hydrogens is 289 g/mol. The van der Waals surface area contributed by atoms with Crippen LogP contribution in [0, 0.1) is 5.82 Å². The van der Waals surface area contributed by atoms with Crippen LogP contribution in [-0.2, 0) is 6.42 Å². The molecule has 1 nitrogen and oxygen atoms in total. The fourth-order valence-corrected chi connectivity index (χ4v) is 3.67. The predicted octanol–water partition coefficient (Wildman–Crippen LogP) is 4.59. The fraction of sp³-hybridized carbons (Fsp3) is 0.375. The maximum absolute atomic E-state index is 13.2. The maximum atomic E-state index is 13.2. The van der Waals surface area contributed by atoms with Gasteiger partial charge < -0.3 is 5.32 Å². The summed E-state index contributed by atoms with van der Waals surface area (Å²) in [5.41, 5.74) is 1.38. The predicted molar refractivity (Wildman–Crippen MR) is 87.2 cm³/mol. The normalized spacial score (nSPS) is 12.5. The molecule has 0 aliphatic rings. The van der Waals surface area contributed by atoms with E-state index in [1.165, 1.54) is 11.6 Å². The summed E-state index contributed by atoms with van der Waals surface area (Å²) in [6.45, 7) is 3.20. The smallest absolute Gasteiger partial charge is 0.124 e. The van der Waals surface area contributed by atoms with Crippen molar-refractivity contribution in [2.45, 2.75) is 30.7 Å². The molecule has 0 fully saturated rings. The number of hydrogen-bond donors (Lipinski definition) is 1. The summed E-state index contributed by atoms with van der Waals surface area (Å²) in [4.78, 5) is 0.999. The summed E-state index contributed by atoms with van der Waals surface area (Å²) >= 11 is 3.45. The summed E-state index contributed by atoms with van der Waals surface area (Å²) < 4.78 is 13.2. The minimum Gasteiger partial charge on any atom is -0.313 e. The Morgan fingerprint density at radius 2 is 2.25 bits per heavy atom. The van der Waals surface area contributed by atoms with Crippen molar-refractivity contribution in [3.05, 3.63) is 52.5 Å². The van der Waals surface area contributed by atoms with E-state index in [0.29, 0.717) is 6.04 Å². The molecule has 2 rings (SSSR count). The van der Waals surface area contributed by atoms with Crippen LogP contribution in [0.4, 0.5) is 4.39 Å². The Hall–Kier alpha value is -0.840. The number of thioether (sulfide) groups is 1. The summed E-state index contributed by atoms with van der Waals surface area (Å²) in [7, 11) is 0. The third-order valence-electron chi connectivity index (χ3n) is 2.99. The molecule has 1 aromatic heterocycles. The highest BCUT2D eigenvalue weighted by molar-refractivity contribution is 7.99. The van der Waals surface area contributed by atoms with Crippen LogP contribution in [0.25, 0.3) is 0 Å². The second kappa shape index (κ2) is 8.45. The zero-order valence-electron chi connectivity index (χ0n) is 11.6. The van der Waals surface area contributed by atoms with Crippen LogP contribution in [0.5, 0.6) is 0 Å². The molecule has 4 heteroatoms. The zero-order valence-corrected chi connectivity index (χ0v) is 13.3. The van der Waals surface area contributed by atoms with E-state index in [1.807, 2.05) is 6.07 Å². The van der Waals surface area contributed by atoms with Gasteiger partial charge in [-0.15, -0.1) is 11.8 Å². The molecule has 0 bridgehead atoms. The van der Waals surface area contributed by atoms with Crippen molar-refractivity contribution >= 4 is 23.1 Å². The van der Waals surface area contributed by atoms with Gasteiger partial charge in [-0.2, -0.15) is 11.3 Å². The van der Waals surface area contributed by atoms with Crippen LogP contribution in [0.3, 0.4) is 0 Å². The number of thiophene rings is 1. The molecule has 1 aromatic carbocycles.